The smallest absolute Gasteiger partial charge is 0.252 e. The first kappa shape index (κ1) is 18.6. The molecule has 0 aliphatic heterocycles. The molecule has 0 saturated carbocycles. The van der Waals surface area contributed by atoms with Crippen molar-refractivity contribution < 1.29 is 4.79 Å². The van der Waals surface area contributed by atoms with Gasteiger partial charge in [0.2, 0.25) is 0 Å². The van der Waals surface area contributed by atoms with Gasteiger partial charge in [-0.25, -0.2) is 0 Å². The number of benzene rings is 3. The van der Waals surface area contributed by atoms with Crippen LogP contribution < -0.4 is 5.32 Å². The van der Waals surface area contributed by atoms with Gasteiger partial charge in [0.05, 0.1) is 5.56 Å². The molecular weight excluding hydrogens is 356 g/mol. The number of hydrogen-bond donors (Lipinski definition) is 1. The van der Waals surface area contributed by atoms with Crippen LogP contribution in [0.4, 0.5) is 0 Å². The minimum atomic E-state index is -0.101. The zero-order valence-corrected chi connectivity index (χ0v) is 16.1. The third-order valence-electron chi connectivity index (χ3n) is 4.87. The molecule has 0 saturated heterocycles. The van der Waals surface area contributed by atoms with Gasteiger partial charge in [-0.05, 0) is 34.7 Å². The molecule has 0 spiro atoms. The van der Waals surface area contributed by atoms with Gasteiger partial charge in [0.25, 0.3) is 5.91 Å². The van der Waals surface area contributed by atoms with E-state index < -0.39 is 0 Å². The van der Waals surface area contributed by atoms with E-state index in [9.17, 15) is 4.79 Å². The van der Waals surface area contributed by atoms with Crippen molar-refractivity contribution in [1.29, 1.82) is 0 Å². The molecule has 1 heterocycles. The molecule has 0 unspecified atom stereocenters. The molecule has 0 bridgehead atoms. The molecule has 29 heavy (non-hydrogen) atoms. The van der Waals surface area contributed by atoms with Crippen molar-refractivity contribution >= 4 is 5.91 Å². The lowest BCUT2D eigenvalue weighted by molar-refractivity contribution is 0.0954. The molecule has 3 nitrogen and oxygen atoms in total. The number of pyridine rings is 1. The minimum Gasteiger partial charge on any atom is -0.352 e. The average Bonchev–Trinajstić information content (AvgIpc) is 2.80. The van der Waals surface area contributed by atoms with Crippen LogP contribution in [-0.4, -0.2) is 17.4 Å². The Hall–Kier alpha value is -3.72. The Morgan fingerprint density at radius 2 is 1.28 bits per heavy atom. The predicted molar refractivity (Wildman–Crippen MR) is 118 cm³/mol. The summed E-state index contributed by atoms with van der Waals surface area (Å²) < 4.78 is 0. The first-order chi connectivity index (χ1) is 14.3. The summed E-state index contributed by atoms with van der Waals surface area (Å²) >= 11 is 0. The van der Waals surface area contributed by atoms with Crippen molar-refractivity contribution in [3.8, 4) is 22.3 Å². The van der Waals surface area contributed by atoms with Gasteiger partial charge < -0.3 is 5.32 Å². The van der Waals surface area contributed by atoms with Gasteiger partial charge >= 0.3 is 0 Å². The zero-order valence-electron chi connectivity index (χ0n) is 16.1. The van der Waals surface area contributed by atoms with E-state index in [4.69, 9.17) is 0 Å². The van der Waals surface area contributed by atoms with E-state index in [1.54, 1.807) is 12.4 Å². The average molecular weight is 378 g/mol. The maximum atomic E-state index is 12.5. The molecule has 1 N–H and O–H groups in total. The summed E-state index contributed by atoms with van der Waals surface area (Å²) in [4.78, 5) is 16.8. The van der Waals surface area contributed by atoms with Crippen LogP contribution in [-0.2, 0) is 6.42 Å². The number of carbonyl (C=O) groups is 1. The van der Waals surface area contributed by atoms with Crippen LogP contribution >= 0.6 is 0 Å². The summed E-state index contributed by atoms with van der Waals surface area (Å²) in [6, 6.07) is 30.6. The number of aromatic nitrogens is 1. The standard InChI is InChI=1S/C26H22N2O/c29-26(28-16-15-20-7-3-1-4-8-20)25-17-24(18-27-19-25)23-13-11-22(12-14-23)21-9-5-2-6-10-21/h1-14,17-19H,15-16H2,(H,28,29). The number of nitrogens with zero attached hydrogens (tertiary/aromatic N) is 1. The van der Waals surface area contributed by atoms with Crippen LogP contribution in [0.3, 0.4) is 0 Å². The van der Waals surface area contributed by atoms with E-state index in [0.717, 1.165) is 23.1 Å². The molecule has 4 aromatic rings. The molecule has 0 fully saturated rings. The Morgan fingerprint density at radius 1 is 0.690 bits per heavy atom. The van der Waals surface area contributed by atoms with E-state index in [-0.39, 0.29) is 5.91 Å². The van der Waals surface area contributed by atoms with Crippen LogP contribution in [0.5, 0.6) is 0 Å². The minimum absolute atomic E-state index is 0.101. The summed E-state index contributed by atoms with van der Waals surface area (Å²) in [6.07, 6.45) is 4.21. The van der Waals surface area contributed by atoms with Crippen LogP contribution in [0.1, 0.15) is 15.9 Å². The van der Waals surface area contributed by atoms with E-state index in [1.807, 2.05) is 42.5 Å². The molecule has 1 aromatic heterocycles. The highest BCUT2D eigenvalue weighted by molar-refractivity contribution is 5.95. The second-order valence-electron chi connectivity index (χ2n) is 6.90. The van der Waals surface area contributed by atoms with E-state index in [2.05, 4.69) is 58.8 Å². The zero-order chi connectivity index (χ0) is 19.9. The van der Waals surface area contributed by atoms with E-state index in [0.29, 0.717) is 12.1 Å². The topological polar surface area (TPSA) is 42.0 Å². The highest BCUT2D eigenvalue weighted by Gasteiger charge is 2.08. The highest BCUT2D eigenvalue weighted by Crippen LogP contribution is 2.24. The van der Waals surface area contributed by atoms with Crippen molar-refractivity contribution in [1.82, 2.24) is 10.3 Å². The summed E-state index contributed by atoms with van der Waals surface area (Å²) in [5.41, 5.74) is 6.10. The third kappa shape index (κ3) is 4.77. The first-order valence-electron chi connectivity index (χ1n) is 9.73. The molecule has 3 heteroatoms. The summed E-state index contributed by atoms with van der Waals surface area (Å²) in [6.45, 7) is 0.596. The van der Waals surface area contributed by atoms with Gasteiger partial charge in [0, 0.05) is 24.5 Å². The molecular formula is C26H22N2O. The van der Waals surface area contributed by atoms with Gasteiger partial charge in [0.15, 0.2) is 0 Å². The van der Waals surface area contributed by atoms with Crippen molar-refractivity contribution in [2.75, 3.05) is 6.54 Å². The van der Waals surface area contributed by atoms with E-state index >= 15 is 0 Å². The Bertz CT molecular complexity index is 1070. The van der Waals surface area contributed by atoms with Crippen molar-refractivity contribution in [3.63, 3.8) is 0 Å². The number of carbonyl (C=O) groups excluding carboxylic acids is 1. The molecule has 3 aromatic carbocycles. The second-order valence-corrected chi connectivity index (χ2v) is 6.90. The Labute approximate surface area is 171 Å². The van der Waals surface area contributed by atoms with E-state index in [1.165, 1.54) is 11.1 Å². The van der Waals surface area contributed by atoms with Gasteiger partial charge in [-0.15, -0.1) is 0 Å². The molecule has 4 rings (SSSR count). The van der Waals surface area contributed by atoms with Crippen molar-refractivity contribution in [2.24, 2.45) is 0 Å². The lowest BCUT2D eigenvalue weighted by Gasteiger charge is -2.08. The van der Waals surface area contributed by atoms with Gasteiger partial charge in [0.1, 0.15) is 0 Å². The highest BCUT2D eigenvalue weighted by atomic mass is 16.1. The number of hydrogen-bond acceptors (Lipinski definition) is 2. The number of rotatable bonds is 6. The largest absolute Gasteiger partial charge is 0.352 e. The monoisotopic (exact) mass is 378 g/mol. The molecule has 142 valence electrons. The molecule has 1 amide bonds. The second kappa shape index (κ2) is 8.98. The summed E-state index contributed by atoms with van der Waals surface area (Å²) in [7, 11) is 0. The normalized spacial score (nSPS) is 10.5. The lowest BCUT2D eigenvalue weighted by Crippen LogP contribution is -2.25. The van der Waals surface area contributed by atoms with Crippen LogP contribution in [0.25, 0.3) is 22.3 Å². The fourth-order valence-electron chi connectivity index (χ4n) is 3.27. The molecule has 0 aliphatic rings. The number of amides is 1. The molecule has 0 radical (unpaired) electrons. The van der Waals surface area contributed by atoms with Crippen molar-refractivity contribution in [2.45, 2.75) is 6.42 Å². The van der Waals surface area contributed by atoms with Crippen LogP contribution in [0.2, 0.25) is 0 Å². The van der Waals surface area contributed by atoms with Crippen LogP contribution in [0, 0.1) is 0 Å². The quantitative estimate of drug-likeness (QED) is 0.489. The summed E-state index contributed by atoms with van der Waals surface area (Å²) in [5, 5.41) is 2.98. The molecule has 0 aliphatic carbocycles. The maximum absolute atomic E-state index is 12.5. The van der Waals surface area contributed by atoms with Gasteiger partial charge in [-0.1, -0.05) is 84.9 Å². The Balaban J connectivity index is 1.43. The Morgan fingerprint density at radius 3 is 1.97 bits per heavy atom. The first-order valence-corrected chi connectivity index (χ1v) is 9.73. The summed E-state index contributed by atoms with van der Waals surface area (Å²) in [5.74, 6) is -0.101. The maximum Gasteiger partial charge on any atom is 0.252 e. The van der Waals surface area contributed by atoms with Gasteiger partial charge in [-0.3, -0.25) is 9.78 Å². The molecule has 0 atom stereocenters. The van der Waals surface area contributed by atoms with Crippen LogP contribution in [0.15, 0.2) is 103 Å². The SMILES string of the molecule is O=C(NCCc1ccccc1)c1cncc(-c2ccc(-c3ccccc3)cc2)c1. The fourth-order valence-corrected chi connectivity index (χ4v) is 3.27. The van der Waals surface area contributed by atoms with Crippen molar-refractivity contribution in [3.05, 3.63) is 115 Å². The third-order valence-corrected chi connectivity index (χ3v) is 4.87. The fraction of sp³-hybridized carbons (Fsp3) is 0.0769. The predicted octanol–water partition coefficient (Wildman–Crippen LogP) is 5.39. The Kier molecular flexibility index (Phi) is 5.77. The lowest BCUT2D eigenvalue weighted by atomic mass is 10.0. The van der Waals surface area contributed by atoms with Gasteiger partial charge in [-0.2, -0.15) is 0 Å². The number of nitrogens with one attached hydrogen (secondary N) is 1.